The molecule has 2 aromatic rings. The lowest BCUT2D eigenvalue weighted by Crippen LogP contribution is -2.24. The molecule has 0 atom stereocenters. The van der Waals surface area contributed by atoms with E-state index < -0.39 is 0 Å². The van der Waals surface area contributed by atoms with Gasteiger partial charge in [-0.25, -0.2) is 0 Å². The Morgan fingerprint density at radius 2 is 1.66 bits per heavy atom. The lowest BCUT2D eigenvalue weighted by Gasteiger charge is -2.28. The quantitative estimate of drug-likeness (QED) is 0.683. The van der Waals surface area contributed by atoms with Crippen molar-refractivity contribution in [2.75, 3.05) is 20.9 Å². The van der Waals surface area contributed by atoms with E-state index in [1.54, 1.807) is 0 Å². The first-order valence-corrected chi connectivity index (χ1v) is 10.4. The van der Waals surface area contributed by atoms with Crippen LogP contribution >= 0.6 is 0 Å². The number of carbonyl (C=O) groups excluding carboxylic acids is 1. The van der Waals surface area contributed by atoms with Crippen LogP contribution in [-0.4, -0.2) is 37.9 Å². The maximum Gasteiger partial charge on any atom is 0.310 e. The number of fused-ring (bicyclic) bond motifs is 1. The van der Waals surface area contributed by atoms with Crippen LogP contribution in [0.4, 0.5) is 0 Å². The van der Waals surface area contributed by atoms with Crippen molar-refractivity contribution in [2.24, 2.45) is 0 Å². The van der Waals surface area contributed by atoms with Gasteiger partial charge in [0, 0.05) is 6.54 Å². The normalized spacial score (nSPS) is 20.7. The van der Waals surface area contributed by atoms with Gasteiger partial charge in [0.2, 0.25) is 6.79 Å². The smallest absolute Gasteiger partial charge is 0.310 e. The van der Waals surface area contributed by atoms with Crippen LogP contribution in [0.1, 0.15) is 48.3 Å². The fourth-order valence-electron chi connectivity index (χ4n) is 4.22. The molecule has 29 heavy (non-hydrogen) atoms. The van der Waals surface area contributed by atoms with Gasteiger partial charge in [-0.3, -0.25) is 4.79 Å². The van der Waals surface area contributed by atoms with Crippen molar-refractivity contribution in [3.63, 3.8) is 0 Å². The number of benzene rings is 2. The van der Waals surface area contributed by atoms with Gasteiger partial charge in [0.1, 0.15) is 6.10 Å². The lowest BCUT2D eigenvalue weighted by molar-refractivity contribution is -0.149. The highest BCUT2D eigenvalue weighted by atomic mass is 16.7. The van der Waals surface area contributed by atoms with Crippen LogP contribution in [0.2, 0.25) is 0 Å². The van der Waals surface area contributed by atoms with E-state index in [9.17, 15) is 4.79 Å². The summed E-state index contributed by atoms with van der Waals surface area (Å²) in [5.41, 5.74) is 3.63. The van der Waals surface area contributed by atoms with Crippen LogP contribution < -0.4 is 9.47 Å². The molecule has 0 aromatic heterocycles. The Kier molecular flexibility index (Phi) is 6.05. The van der Waals surface area contributed by atoms with E-state index in [0.29, 0.717) is 11.7 Å². The second-order valence-corrected chi connectivity index (χ2v) is 8.31. The highest BCUT2D eigenvalue weighted by Gasteiger charge is 2.25. The van der Waals surface area contributed by atoms with Gasteiger partial charge >= 0.3 is 5.97 Å². The molecule has 4 rings (SSSR count). The third-order valence-corrected chi connectivity index (χ3v) is 5.71. The van der Waals surface area contributed by atoms with Gasteiger partial charge in [-0.05, 0) is 74.5 Å². The Bertz CT molecular complexity index is 838. The van der Waals surface area contributed by atoms with Crippen LogP contribution in [0, 0.1) is 0 Å². The molecule has 154 valence electrons. The van der Waals surface area contributed by atoms with Gasteiger partial charge in [0.15, 0.2) is 11.5 Å². The molecule has 0 amide bonds. The average molecular weight is 395 g/mol. The standard InChI is InChI=1S/C24H29NO4/c1-25(2)15-17-3-6-19(7-4-17)20-8-10-21(11-9-20)29-24(26)14-18-5-12-22-23(13-18)28-16-27-22/h3-7,12-13,20-21H,8-11,14-16H2,1-2H3. The van der Waals surface area contributed by atoms with Gasteiger partial charge in [-0.1, -0.05) is 30.3 Å². The molecule has 1 aliphatic carbocycles. The zero-order valence-electron chi connectivity index (χ0n) is 17.2. The summed E-state index contributed by atoms with van der Waals surface area (Å²) in [5.74, 6) is 1.83. The van der Waals surface area contributed by atoms with Crippen molar-refractivity contribution in [1.82, 2.24) is 4.90 Å². The fraction of sp³-hybridized carbons (Fsp3) is 0.458. The third kappa shape index (κ3) is 5.10. The highest BCUT2D eigenvalue weighted by molar-refractivity contribution is 5.73. The number of ether oxygens (including phenoxy) is 3. The van der Waals surface area contributed by atoms with Crippen molar-refractivity contribution in [2.45, 2.75) is 50.7 Å². The average Bonchev–Trinajstić information content (AvgIpc) is 3.16. The minimum atomic E-state index is -0.166. The zero-order valence-corrected chi connectivity index (χ0v) is 17.2. The summed E-state index contributed by atoms with van der Waals surface area (Å²) in [5, 5.41) is 0. The predicted octanol–water partition coefficient (Wildman–Crippen LogP) is 4.29. The van der Waals surface area contributed by atoms with E-state index in [2.05, 4.69) is 43.3 Å². The van der Waals surface area contributed by atoms with Crippen LogP contribution in [0.3, 0.4) is 0 Å². The highest BCUT2D eigenvalue weighted by Crippen LogP contribution is 2.35. The topological polar surface area (TPSA) is 48.0 Å². The van der Waals surface area contributed by atoms with Crippen molar-refractivity contribution in [1.29, 1.82) is 0 Å². The minimum absolute atomic E-state index is 0.0285. The summed E-state index contributed by atoms with van der Waals surface area (Å²) in [7, 11) is 4.17. The molecule has 2 aliphatic rings. The van der Waals surface area contributed by atoms with E-state index in [1.165, 1.54) is 11.1 Å². The number of rotatable bonds is 6. The van der Waals surface area contributed by atoms with Crippen molar-refractivity contribution in [3.8, 4) is 11.5 Å². The summed E-state index contributed by atoms with van der Waals surface area (Å²) in [6.07, 6.45) is 4.28. The van der Waals surface area contributed by atoms with E-state index in [-0.39, 0.29) is 25.3 Å². The predicted molar refractivity (Wildman–Crippen MR) is 111 cm³/mol. The minimum Gasteiger partial charge on any atom is -0.462 e. The van der Waals surface area contributed by atoms with Gasteiger partial charge in [0.05, 0.1) is 6.42 Å². The van der Waals surface area contributed by atoms with E-state index in [1.807, 2.05) is 18.2 Å². The Morgan fingerprint density at radius 1 is 0.966 bits per heavy atom. The lowest BCUT2D eigenvalue weighted by atomic mass is 9.82. The Labute approximate surface area is 172 Å². The maximum atomic E-state index is 12.4. The summed E-state index contributed by atoms with van der Waals surface area (Å²) in [6.45, 7) is 1.21. The number of nitrogens with zero attached hydrogens (tertiary/aromatic N) is 1. The van der Waals surface area contributed by atoms with Gasteiger partial charge < -0.3 is 19.1 Å². The van der Waals surface area contributed by atoms with E-state index in [0.717, 1.165) is 43.5 Å². The van der Waals surface area contributed by atoms with Crippen molar-refractivity contribution < 1.29 is 19.0 Å². The largest absolute Gasteiger partial charge is 0.462 e. The molecule has 2 aromatic carbocycles. The molecule has 5 nitrogen and oxygen atoms in total. The van der Waals surface area contributed by atoms with Crippen molar-refractivity contribution in [3.05, 3.63) is 59.2 Å². The summed E-state index contributed by atoms with van der Waals surface area (Å²) < 4.78 is 16.4. The Balaban J connectivity index is 1.24. The molecular weight excluding hydrogens is 366 g/mol. The molecule has 5 heteroatoms. The molecule has 0 N–H and O–H groups in total. The van der Waals surface area contributed by atoms with Crippen LogP contribution in [-0.2, 0) is 22.5 Å². The molecule has 0 bridgehead atoms. The maximum absolute atomic E-state index is 12.4. The fourth-order valence-corrected chi connectivity index (χ4v) is 4.22. The third-order valence-electron chi connectivity index (χ3n) is 5.71. The first-order valence-electron chi connectivity index (χ1n) is 10.4. The zero-order chi connectivity index (χ0) is 20.2. The SMILES string of the molecule is CN(C)Cc1ccc(C2CCC(OC(=O)Cc3ccc4c(c3)OCO4)CC2)cc1. The molecule has 0 saturated heterocycles. The second-order valence-electron chi connectivity index (χ2n) is 8.31. The Hall–Kier alpha value is -2.53. The monoisotopic (exact) mass is 395 g/mol. The molecule has 0 unspecified atom stereocenters. The molecule has 0 spiro atoms. The van der Waals surface area contributed by atoms with Crippen LogP contribution in [0.15, 0.2) is 42.5 Å². The Morgan fingerprint density at radius 3 is 2.38 bits per heavy atom. The van der Waals surface area contributed by atoms with Crippen LogP contribution in [0.25, 0.3) is 0 Å². The second kappa shape index (κ2) is 8.87. The number of hydrogen-bond donors (Lipinski definition) is 0. The summed E-state index contributed by atoms with van der Waals surface area (Å²) >= 11 is 0. The van der Waals surface area contributed by atoms with Gasteiger partial charge in [-0.2, -0.15) is 0 Å². The van der Waals surface area contributed by atoms with Gasteiger partial charge in [-0.15, -0.1) is 0 Å². The van der Waals surface area contributed by atoms with E-state index in [4.69, 9.17) is 14.2 Å². The molecule has 1 aliphatic heterocycles. The van der Waals surface area contributed by atoms with E-state index >= 15 is 0 Å². The molecule has 1 fully saturated rings. The summed E-state index contributed by atoms with van der Waals surface area (Å²) in [4.78, 5) is 14.5. The van der Waals surface area contributed by atoms with Crippen molar-refractivity contribution >= 4 is 5.97 Å². The molecule has 1 heterocycles. The molecular formula is C24H29NO4. The first-order chi connectivity index (χ1) is 14.1. The first kappa shape index (κ1) is 19.8. The van der Waals surface area contributed by atoms with Crippen LogP contribution in [0.5, 0.6) is 11.5 Å². The number of esters is 1. The van der Waals surface area contributed by atoms with Gasteiger partial charge in [0.25, 0.3) is 0 Å². The number of carbonyl (C=O) groups is 1. The number of hydrogen-bond acceptors (Lipinski definition) is 5. The summed E-state index contributed by atoms with van der Waals surface area (Å²) in [6, 6.07) is 14.6. The molecule has 1 saturated carbocycles. The molecule has 0 radical (unpaired) electrons.